The van der Waals surface area contributed by atoms with Crippen LogP contribution in [0, 0.1) is 0 Å². The van der Waals surface area contributed by atoms with Gasteiger partial charge in [0.25, 0.3) is 0 Å². The summed E-state index contributed by atoms with van der Waals surface area (Å²) < 4.78 is 5.15. The Morgan fingerprint density at radius 2 is 2.14 bits per heavy atom. The van der Waals surface area contributed by atoms with Crippen molar-refractivity contribution < 1.29 is 14.6 Å². The van der Waals surface area contributed by atoms with Gasteiger partial charge in [-0.25, -0.2) is 0 Å². The molecular weight excluding hydrogens is 278 g/mol. The van der Waals surface area contributed by atoms with Crippen molar-refractivity contribution in [1.82, 2.24) is 4.90 Å². The van der Waals surface area contributed by atoms with Crippen molar-refractivity contribution in [3.05, 3.63) is 41.5 Å². The zero-order valence-electron chi connectivity index (χ0n) is 13.4. The van der Waals surface area contributed by atoms with Crippen LogP contribution in [0.5, 0.6) is 5.75 Å². The van der Waals surface area contributed by atoms with Gasteiger partial charge in [0.1, 0.15) is 12.0 Å². The number of allylic oxidation sites excluding steroid dienone is 1. The minimum Gasteiger partial charge on any atom is -0.497 e. The molecule has 0 saturated carbocycles. The minimum absolute atomic E-state index is 0.0681. The molecule has 0 aliphatic carbocycles. The first-order chi connectivity index (χ1) is 10.6. The van der Waals surface area contributed by atoms with Crippen LogP contribution in [0.3, 0.4) is 0 Å². The van der Waals surface area contributed by atoms with Crippen molar-refractivity contribution >= 4 is 5.91 Å². The average Bonchev–Trinajstić information content (AvgIpc) is 2.84. The number of aliphatic hydroxyl groups is 1. The molecule has 1 atom stereocenters. The largest absolute Gasteiger partial charge is 0.497 e. The molecule has 1 N–H and O–H groups in total. The van der Waals surface area contributed by atoms with E-state index in [2.05, 4.69) is 25.1 Å². The average molecular weight is 303 g/mol. The van der Waals surface area contributed by atoms with Gasteiger partial charge in [-0.1, -0.05) is 23.8 Å². The molecule has 1 amide bonds. The number of amides is 1. The molecule has 1 aromatic carbocycles. The van der Waals surface area contributed by atoms with Gasteiger partial charge >= 0.3 is 0 Å². The molecule has 22 heavy (non-hydrogen) atoms. The van der Waals surface area contributed by atoms with E-state index >= 15 is 0 Å². The standard InChI is InChI=1S/C18H25NO3/c1-14(12-13-19-17(20)10-11-18(19)21)4-3-5-15-6-8-16(22-2)9-7-15/h4,6-9,17,20H,3,5,10-13H2,1-2H3/b14-4+. The topological polar surface area (TPSA) is 49.8 Å². The molecule has 2 rings (SSSR count). The van der Waals surface area contributed by atoms with Gasteiger partial charge < -0.3 is 14.7 Å². The van der Waals surface area contributed by atoms with E-state index in [1.54, 1.807) is 12.0 Å². The fourth-order valence-electron chi connectivity index (χ4n) is 2.67. The molecule has 1 aliphatic heterocycles. The fraction of sp³-hybridized carbons (Fsp3) is 0.500. The van der Waals surface area contributed by atoms with E-state index < -0.39 is 6.23 Å². The zero-order chi connectivity index (χ0) is 15.9. The van der Waals surface area contributed by atoms with Gasteiger partial charge in [0.05, 0.1) is 7.11 Å². The number of aryl methyl sites for hydroxylation is 1. The Morgan fingerprint density at radius 1 is 1.41 bits per heavy atom. The molecule has 1 unspecified atom stereocenters. The summed E-state index contributed by atoms with van der Waals surface area (Å²) in [5.74, 6) is 0.947. The Balaban J connectivity index is 1.74. The Bertz CT molecular complexity index is 522. The van der Waals surface area contributed by atoms with Gasteiger partial charge in [-0.2, -0.15) is 0 Å². The smallest absolute Gasteiger partial charge is 0.224 e. The van der Waals surface area contributed by atoms with Crippen LogP contribution in [0.4, 0.5) is 0 Å². The first kappa shape index (κ1) is 16.6. The summed E-state index contributed by atoms with van der Waals surface area (Å²) in [5.41, 5.74) is 2.55. The number of methoxy groups -OCH3 is 1. The number of hydrogen-bond donors (Lipinski definition) is 1. The van der Waals surface area contributed by atoms with Crippen molar-refractivity contribution in [2.45, 2.75) is 45.3 Å². The predicted molar refractivity (Wildman–Crippen MR) is 86.6 cm³/mol. The lowest BCUT2D eigenvalue weighted by Gasteiger charge is -2.20. The number of likely N-dealkylation sites (tertiary alicyclic amines) is 1. The van der Waals surface area contributed by atoms with Crippen LogP contribution < -0.4 is 4.74 Å². The first-order valence-corrected chi connectivity index (χ1v) is 7.86. The number of rotatable bonds is 7. The molecule has 0 bridgehead atoms. The highest BCUT2D eigenvalue weighted by Gasteiger charge is 2.28. The van der Waals surface area contributed by atoms with Crippen molar-refractivity contribution in [2.24, 2.45) is 0 Å². The summed E-state index contributed by atoms with van der Waals surface area (Å²) >= 11 is 0. The van der Waals surface area contributed by atoms with Gasteiger partial charge in [-0.3, -0.25) is 4.79 Å². The third-order valence-electron chi connectivity index (χ3n) is 4.13. The lowest BCUT2D eigenvalue weighted by atomic mass is 10.1. The Labute approximate surface area is 132 Å². The summed E-state index contributed by atoms with van der Waals surface area (Å²) in [6, 6.07) is 8.13. The maximum atomic E-state index is 11.6. The molecule has 4 heteroatoms. The zero-order valence-corrected chi connectivity index (χ0v) is 13.4. The molecule has 1 saturated heterocycles. The summed E-state index contributed by atoms with van der Waals surface area (Å²) in [7, 11) is 1.67. The molecular formula is C18H25NO3. The van der Waals surface area contributed by atoms with E-state index in [9.17, 15) is 9.90 Å². The monoisotopic (exact) mass is 303 g/mol. The van der Waals surface area contributed by atoms with E-state index in [1.165, 1.54) is 11.1 Å². The van der Waals surface area contributed by atoms with Crippen molar-refractivity contribution in [2.75, 3.05) is 13.7 Å². The molecule has 0 radical (unpaired) electrons. The highest BCUT2D eigenvalue weighted by Crippen LogP contribution is 2.18. The molecule has 1 fully saturated rings. The third kappa shape index (κ3) is 4.60. The maximum Gasteiger partial charge on any atom is 0.224 e. The van der Waals surface area contributed by atoms with Gasteiger partial charge in [-0.05, 0) is 43.9 Å². The van der Waals surface area contributed by atoms with Crippen LogP contribution >= 0.6 is 0 Å². The second-order valence-corrected chi connectivity index (χ2v) is 5.79. The van der Waals surface area contributed by atoms with Crippen LogP contribution in [0.2, 0.25) is 0 Å². The van der Waals surface area contributed by atoms with E-state index in [-0.39, 0.29) is 5.91 Å². The second kappa shape index (κ2) is 7.99. The Morgan fingerprint density at radius 3 is 2.73 bits per heavy atom. The maximum absolute atomic E-state index is 11.6. The number of benzene rings is 1. The van der Waals surface area contributed by atoms with E-state index in [4.69, 9.17) is 4.74 Å². The van der Waals surface area contributed by atoms with Crippen LogP contribution in [-0.4, -0.2) is 35.8 Å². The lowest BCUT2D eigenvalue weighted by molar-refractivity contribution is -0.133. The molecule has 0 aromatic heterocycles. The normalized spacial score (nSPS) is 18.9. The molecule has 1 heterocycles. The molecule has 0 spiro atoms. The number of aliphatic hydroxyl groups excluding tert-OH is 1. The lowest BCUT2D eigenvalue weighted by Crippen LogP contribution is -2.33. The quantitative estimate of drug-likeness (QED) is 0.788. The van der Waals surface area contributed by atoms with Crippen LogP contribution in [0.1, 0.15) is 38.2 Å². The van der Waals surface area contributed by atoms with Crippen molar-refractivity contribution in [3.8, 4) is 5.75 Å². The predicted octanol–water partition coefficient (Wildman–Crippen LogP) is 2.91. The van der Waals surface area contributed by atoms with Gasteiger partial charge in [0.15, 0.2) is 0 Å². The van der Waals surface area contributed by atoms with Crippen LogP contribution in [0.25, 0.3) is 0 Å². The van der Waals surface area contributed by atoms with E-state index in [0.717, 1.165) is 25.0 Å². The molecule has 120 valence electrons. The Kier molecular flexibility index (Phi) is 6.01. The molecule has 1 aliphatic rings. The van der Waals surface area contributed by atoms with Crippen molar-refractivity contribution in [1.29, 1.82) is 0 Å². The van der Waals surface area contributed by atoms with Crippen LogP contribution in [0.15, 0.2) is 35.9 Å². The molecule has 4 nitrogen and oxygen atoms in total. The van der Waals surface area contributed by atoms with Gasteiger partial charge in [0, 0.05) is 19.4 Å². The second-order valence-electron chi connectivity index (χ2n) is 5.79. The summed E-state index contributed by atoms with van der Waals surface area (Å²) in [5, 5.41) is 9.72. The number of carbonyl (C=O) groups excluding carboxylic acids is 1. The van der Waals surface area contributed by atoms with Crippen LogP contribution in [-0.2, 0) is 11.2 Å². The van der Waals surface area contributed by atoms with Gasteiger partial charge in [0.2, 0.25) is 5.91 Å². The number of ether oxygens (including phenoxy) is 1. The summed E-state index contributed by atoms with van der Waals surface area (Å²) in [6.45, 7) is 2.70. The third-order valence-corrected chi connectivity index (χ3v) is 4.13. The molecule has 1 aromatic rings. The highest BCUT2D eigenvalue weighted by molar-refractivity contribution is 5.78. The fourth-order valence-corrected chi connectivity index (χ4v) is 2.67. The Hall–Kier alpha value is -1.81. The number of carbonyl (C=O) groups is 1. The van der Waals surface area contributed by atoms with Gasteiger partial charge in [-0.15, -0.1) is 0 Å². The van der Waals surface area contributed by atoms with Crippen molar-refractivity contribution in [3.63, 3.8) is 0 Å². The first-order valence-electron chi connectivity index (χ1n) is 7.86. The number of nitrogens with zero attached hydrogens (tertiary/aromatic N) is 1. The SMILES string of the molecule is COc1ccc(CC/C=C(\C)CCN2C(=O)CCC2O)cc1. The highest BCUT2D eigenvalue weighted by atomic mass is 16.5. The van der Waals surface area contributed by atoms with E-state index in [1.807, 2.05) is 12.1 Å². The summed E-state index contributed by atoms with van der Waals surface area (Å²) in [6.07, 6.45) is 5.48. The minimum atomic E-state index is -0.584. The van der Waals surface area contributed by atoms with E-state index in [0.29, 0.717) is 19.4 Å². The summed E-state index contributed by atoms with van der Waals surface area (Å²) in [4.78, 5) is 13.2. The number of hydrogen-bond acceptors (Lipinski definition) is 3.